The number of carbonyl (C=O) groups is 1. The molecule has 2 N–H and O–H groups in total. The predicted molar refractivity (Wildman–Crippen MR) is 80.6 cm³/mol. The van der Waals surface area contributed by atoms with E-state index in [9.17, 15) is 14.3 Å². The summed E-state index contributed by atoms with van der Waals surface area (Å²) in [6.45, 7) is 7.55. The van der Waals surface area contributed by atoms with Crippen molar-refractivity contribution in [1.29, 1.82) is 0 Å². The number of rotatable bonds is 7. The van der Waals surface area contributed by atoms with Crippen molar-refractivity contribution < 1.29 is 14.3 Å². The number of thioether (sulfide) groups is 1. The quantitative estimate of drug-likeness (QED) is 0.756. The highest BCUT2D eigenvalue weighted by molar-refractivity contribution is 7.99. The average Bonchev–Trinajstić information content (AvgIpc) is 2.30. The zero-order valence-corrected chi connectivity index (χ0v) is 13.1. The molecule has 112 valence electrons. The zero-order valence-electron chi connectivity index (χ0n) is 12.3. The monoisotopic (exact) mass is 299 g/mol. The van der Waals surface area contributed by atoms with E-state index >= 15 is 0 Å². The molecular formula is C15H22FNO2S. The van der Waals surface area contributed by atoms with E-state index in [1.165, 1.54) is 12.1 Å². The van der Waals surface area contributed by atoms with Crippen molar-refractivity contribution in [2.24, 2.45) is 0 Å². The molecule has 2 atom stereocenters. The fraction of sp³-hybridized carbons (Fsp3) is 0.533. The first kappa shape index (κ1) is 17.0. The van der Waals surface area contributed by atoms with Crippen LogP contribution in [0.4, 0.5) is 4.39 Å². The Bertz CT molecular complexity index is 450. The highest BCUT2D eigenvalue weighted by Crippen LogP contribution is 2.29. The van der Waals surface area contributed by atoms with E-state index in [1.54, 1.807) is 30.8 Å². The molecule has 0 spiro atoms. The van der Waals surface area contributed by atoms with Gasteiger partial charge in [0.1, 0.15) is 11.4 Å². The van der Waals surface area contributed by atoms with Gasteiger partial charge in [-0.2, -0.15) is 0 Å². The van der Waals surface area contributed by atoms with Gasteiger partial charge < -0.3 is 5.11 Å². The summed E-state index contributed by atoms with van der Waals surface area (Å²) < 4.78 is 12.8. The molecule has 0 radical (unpaired) electrons. The summed E-state index contributed by atoms with van der Waals surface area (Å²) in [7, 11) is 0. The van der Waals surface area contributed by atoms with Crippen molar-refractivity contribution in [1.82, 2.24) is 5.32 Å². The van der Waals surface area contributed by atoms with Gasteiger partial charge in [0.05, 0.1) is 0 Å². The minimum absolute atomic E-state index is 0.0964. The van der Waals surface area contributed by atoms with Crippen LogP contribution in [0, 0.1) is 5.82 Å². The summed E-state index contributed by atoms with van der Waals surface area (Å²) >= 11 is 1.55. The summed E-state index contributed by atoms with van der Waals surface area (Å²) in [5.41, 5.74) is -0.958. The van der Waals surface area contributed by atoms with Crippen molar-refractivity contribution in [3.05, 3.63) is 30.1 Å². The van der Waals surface area contributed by atoms with Crippen LogP contribution < -0.4 is 5.32 Å². The van der Waals surface area contributed by atoms with Crippen LogP contribution >= 0.6 is 11.8 Å². The van der Waals surface area contributed by atoms with Gasteiger partial charge in [-0.3, -0.25) is 10.1 Å². The molecule has 0 amide bonds. The number of aliphatic carboxylic acids is 1. The third-order valence-electron chi connectivity index (χ3n) is 2.93. The average molecular weight is 299 g/mol. The van der Waals surface area contributed by atoms with Crippen molar-refractivity contribution in [2.45, 2.75) is 55.8 Å². The molecule has 1 aromatic rings. The Morgan fingerprint density at radius 2 is 1.90 bits per heavy atom. The van der Waals surface area contributed by atoms with E-state index in [4.69, 9.17) is 0 Å². The number of nitrogens with one attached hydrogen (secondary N) is 1. The van der Waals surface area contributed by atoms with Crippen LogP contribution in [0.15, 0.2) is 29.2 Å². The Morgan fingerprint density at radius 3 is 2.35 bits per heavy atom. The molecule has 20 heavy (non-hydrogen) atoms. The van der Waals surface area contributed by atoms with Gasteiger partial charge in [0, 0.05) is 16.2 Å². The maximum Gasteiger partial charge on any atom is 0.323 e. The second-order valence-electron chi connectivity index (χ2n) is 5.52. The van der Waals surface area contributed by atoms with Gasteiger partial charge in [0.2, 0.25) is 0 Å². The van der Waals surface area contributed by atoms with Gasteiger partial charge in [0.25, 0.3) is 0 Å². The maximum atomic E-state index is 12.8. The van der Waals surface area contributed by atoms with E-state index in [-0.39, 0.29) is 17.1 Å². The van der Waals surface area contributed by atoms with Crippen LogP contribution in [-0.4, -0.2) is 27.9 Å². The van der Waals surface area contributed by atoms with Crippen molar-refractivity contribution in [3.63, 3.8) is 0 Å². The Balaban J connectivity index is 2.69. The first-order chi connectivity index (χ1) is 9.23. The summed E-state index contributed by atoms with van der Waals surface area (Å²) in [4.78, 5) is 12.4. The lowest BCUT2D eigenvalue weighted by molar-refractivity contribution is -0.144. The van der Waals surface area contributed by atoms with Crippen LogP contribution in [0.2, 0.25) is 0 Å². The minimum atomic E-state index is -0.958. The fourth-order valence-electron chi connectivity index (χ4n) is 2.21. The van der Waals surface area contributed by atoms with Crippen LogP contribution in [0.1, 0.15) is 34.1 Å². The lowest BCUT2D eigenvalue weighted by atomic mass is 9.95. The van der Waals surface area contributed by atoms with Gasteiger partial charge in [-0.05, 0) is 51.5 Å². The maximum absolute atomic E-state index is 12.8. The van der Waals surface area contributed by atoms with Crippen molar-refractivity contribution in [3.8, 4) is 0 Å². The first-order valence-electron chi connectivity index (χ1n) is 6.66. The molecule has 0 aromatic heterocycles. The molecule has 1 aromatic carbocycles. The van der Waals surface area contributed by atoms with Gasteiger partial charge in [-0.15, -0.1) is 11.8 Å². The lowest BCUT2D eigenvalue weighted by Crippen LogP contribution is -2.53. The highest BCUT2D eigenvalue weighted by atomic mass is 32.2. The van der Waals surface area contributed by atoms with Gasteiger partial charge >= 0.3 is 5.97 Å². The molecule has 3 nitrogen and oxygen atoms in total. The van der Waals surface area contributed by atoms with Crippen LogP contribution in [-0.2, 0) is 4.79 Å². The molecule has 0 saturated carbocycles. The van der Waals surface area contributed by atoms with Crippen LogP contribution in [0.25, 0.3) is 0 Å². The minimum Gasteiger partial charge on any atom is -0.480 e. The predicted octanol–water partition coefficient (Wildman–Crippen LogP) is 3.54. The molecule has 5 heteroatoms. The van der Waals surface area contributed by atoms with E-state index in [0.29, 0.717) is 6.42 Å². The molecule has 0 bridgehead atoms. The normalized spacial score (nSPS) is 15.9. The Labute approximate surface area is 124 Å². The summed E-state index contributed by atoms with van der Waals surface area (Å²) in [6, 6.07) is 6.35. The number of hydrogen-bond donors (Lipinski definition) is 2. The number of halogens is 1. The molecule has 0 heterocycles. The largest absolute Gasteiger partial charge is 0.480 e. The number of carboxylic acid groups (broad SMARTS) is 1. The Kier molecular flexibility index (Phi) is 6.02. The number of carboxylic acids is 1. The molecule has 0 fully saturated rings. The topological polar surface area (TPSA) is 49.3 Å². The highest BCUT2D eigenvalue weighted by Gasteiger charge is 2.35. The first-order valence-corrected chi connectivity index (χ1v) is 7.54. The zero-order chi connectivity index (χ0) is 15.3. The van der Waals surface area contributed by atoms with E-state index in [2.05, 4.69) is 5.32 Å². The third kappa shape index (κ3) is 5.13. The standard InChI is InChI=1S/C15H22FNO2S/c1-10(2)17-15(4,14(18)19)9-11(3)20-13-7-5-12(16)6-8-13/h5-8,10-11,17H,9H2,1-4H3,(H,18,19). The molecule has 1 rings (SSSR count). The lowest BCUT2D eigenvalue weighted by Gasteiger charge is -2.31. The molecular weight excluding hydrogens is 277 g/mol. The fourth-order valence-corrected chi connectivity index (χ4v) is 3.38. The van der Waals surface area contributed by atoms with Gasteiger partial charge in [-0.1, -0.05) is 6.92 Å². The van der Waals surface area contributed by atoms with Crippen molar-refractivity contribution >= 4 is 17.7 Å². The van der Waals surface area contributed by atoms with Crippen molar-refractivity contribution in [2.75, 3.05) is 0 Å². The Hall–Kier alpha value is -1.07. The molecule has 0 aliphatic rings. The van der Waals surface area contributed by atoms with Gasteiger partial charge in [0.15, 0.2) is 0 Å². The molecule has 2 unspecified atom stereocenters. The second kappa shape index (κ2) is 7.09. The van der Waals surface area contributed by atoms with E-state index in [1.807, 2.05) is 20.8 Å². The number of benzene rings is 1. The summed E-state index contributed by atoms with van der Waals surface area (Å²) in [5.74, 6) is -1.11. The molecule has 0 aliphatic carbocycles. The summed E-state index contributed by atoms with van der Waals surface area (Å²) in [5, 5.41) is 12.6. The van der Waals surface area contributed by atoms with Gasteiger partial charge in [-0.25, -0.2) is 4.39 Å². The van der Waals surface area contributed by atoms with E-state index in [0.717, 1.165) is 4.90 Å². The SMILES string of the molecule is CC(C)NC(C)(CC(C)Sc1ccc(F)cc1)C(=O)O. The third-order valence-corrected chi connectivity index (χ3v) is 4.04. The number of hydrogen-bond acceptors (Lipinski definition) is 3. The Morgan fingerprint density at radius 1 is 1.35 bits per heavy atom. The molecule has 0 aliphatic heterocycles. The second-order valence-corrected chi connectivity index (χ2v) is 7.03. The van der Waals surface area contributed by atoms with Crippen LogP contribution in [0.3, 0.4) is 0 Å². The van der Waals surface area contributed by atoms with Crippen LogP contribution in [0.5, 0.6) is 0 Å². The summed E-state index contributed by atoms with van der Waals surface area (Å²) in [6.07, 6.45) is 0.489. The molecule has 0 saturated heterocycles. The van der Waals surface area contributed by atoms with E-state index < -0.39 is 11.5 Å². The smallest absolute Gasteiger partial charge is 0.323 e.